The van der Waals surface area contributed by atoms with Gasteiger partial charge in [-0.05, 0) is 24.6 Å². The first-order valence-corrected chi connectivity index (χ1v) is 6.43. The van der Waals surface area contributed by atoms with Crippen molar-refractivity contribution in [2.24, 2.45) is 0 Å². The van der Waals surface area contributed by atoms with Crippen LogP contribution in [0.25, 0.3) is 0 Å². The Bertz CT molecular complexity index is 461. The van der Waals surface area contributed by atoms with E-state index in [1.807, 2.05) is 0 Å². The van der Waals surface area contributed by atoms with Crippen LogP contribution in [0.2, 0.25) is 0 Å². The lowest BCUT2D eigenvalue weighted by Crippen LogP contribution is -2.38. The molecule has 0 aromatic heterocycles. The lowest BCUT2D eigenvalue weighted by atomic mass is 10.0. The smallest absolute Gasteiger partial charge is 0.389 e. The quantitative estimate of drug-likeness (QED) is 0.761. The number of methoxy groups -OCH3 is 1. The van der Waals surface area contributed by atoms with Crippen LogP contribution >= 0.6 is 0 Å². The lowest BCUT2D eigenvalue weighted by Gasteiger charge is -2.23. The highest BCUT2D eigenvalue weighted by Gasteiger charge is 2.34. The van der Waals surface area contributed by atoms with Crippen molar-refractivity contribution < 1.29 is 27.4 Å². The first kappa shape index (κ1) is 17.9. The third kappa shape index (κ3) is 5.99. The molecule has 1 aromatic rings. The van der Waals surface area contributed by atoms with Gasteiger partial charge in [0.15, 0.2) is 0 Å². The first-order chi connectivity index (χ1) is 9.65. The number of rotatable bonds is 7. The molecule has 2 N–H and O–H groups in total. The number of benzene rings is 1. The molecule has 21 heavy (non-hydrogen) atoms. The number of ether oxygens (including phenoxy) is 1. The number of hydrogen-bond donors (Lipinski definition) is 2. The van der Waals surface area contributed by atoms with E-state index in [1.165, 1.54) is 13.2 Å². The maximum Gasteiger partial charge on any atom is 0.419 e. The Labute approximate surface area is 120 Å². The normalized spacial score (nSPS) is 15.0. The van der Waals surface area contributed by atoms with Crippen molar-refractivity contribution in [2.45, 2.75) is 31.7 Å². The van der Waals surface area contributed by atoms with Gasteiger partial charge in [0.2, 0.25) is 0 Å². The minimum Gasteiger partial charge on any atom is -0.389 e. The average Bonchev–Trinajstić information content (AvgIpc) is 2.37. The van der Waals surface area contributed by atoms with E-state index in [2.05, 4.69) is 5.32 Å². The highest BCUT2D eigenvalue weighted by Crippen LogP contribution is 2.31. The van der Waals surface area contributed by atoms with Gasteiger partial charge in [-0.25, -0.2) is 4.39 Å². The summed E-state index contributed by atoms with van der Waals surface area (Å²) in [6.45, 7) is 2.27. The third-order valence-corrected chi connectivity index (χ3v) is 3.02. The molecule has 0 saturated carbocycles. The number of alkyl halides is 3. The van der Waals surface area contributed by atoms with E-state index in [-0.39, 0.29) is 13.1 Å². The fourth-order valence-electron chi connectivity index (χ4n) is 1.79. The molecule has 1 rings (SSSR count). The maximum atomic E-state index is 13.1. The summed E-state index contributed by atoms with van der Waals surface area (Å²) in [5.74, 6) is -1.29. The molecule has 0 radical (unpaired) electrons. The Kier molecular flexibility index (Phi) is 6.12. The topological polar surface area (TPSA) is 41.5 Å². The van der Waals surface area contributed by atoms with Gasteiger partial charge in [-0.2, -0.15) is 13.2 Å². The molecule has 0 amide bonds. The number of nitrogens with one attached hydrogen (secondary N) is 1. The molecule has 1 atom stereocenters. The van der Waals surface area contributed by atoms with Crippen LogP contribution in [0.4, 0.5) is 17.6 Å². The summed E-state index contributed by atoms with van der Waals surface area (Å²) in [6.07, 6.45) is -4.32. The maximum absolute atomic E-state index is 13.1. The molecule has 0 heterocycles. The summed E-state index contributed by atoms with van der Waals surface area (Å²) >= 11 is 0. The summed E-state index contributed by atoms with van der Waals surface area (Å²) in [7, 11) is 1.51. The molecule has 1 unspecified atom stereocenters. The molecule has 0 spiro atoms. The highest BCUT2D eigenvalue weighted by molar-refractivity contribution is 5.27. The van der Waals surface area contributed by atoms with Crippen LogP contribution < -0.4 is 5.32 Å². The Hall–Kier alpha value is -1.18. The van der Waals surface area contributed by atoms with Crippen molar-refractivity contribution in [3.8, 4) is 0 Å². The van der Waals surface area contributed by atoms with Crippen molar-refractivity contribution in [2.75, 3.05) is 20.3 Å². The molecular formula is C14H19F4NO2. The van der Waals surface area contributed by atoms with Crippen molar-refractivity contribution in [1.29, 1.82) is 0 Å². The van der Waals surface area contributed by atoms with Crippen LogP contribution in [0.1, 0.15) is 24.5 Å². The van der Waals surface area contributed by atoms with Gasteiger partial charge in [-0.1, -0.05) is 6.07 Å². The SMILES string of the molecule is COCCC(C)(O)CNCc1ccc(F)c(C(F)(F)F)c1. The number of halogens is 4. The lowest BCUT2D eigenvalue weighted by molar-refractivity contribution is -0.140. The van der Waals surface area contributed by atoms with Gasteiger partial charge in [0.1, 0.15) is 5.82 Å². The minimum absolute atomic E-state index is 0.104. The third-order valence-electron chi connectivity index (χ3n) is 3.02. The summed E-state index contributed by atoms with van der Waals surface area (Å²) in [5, 5.41) is 12.8. The predicted molar refractivity (Wildman–Crippen MR) is 70.2 cm³/mol. The Morgan fingerprint density at radius 2 is 1.95 bits per heavy atom. The summed E-state index contributed by atoms with van der Waals surface area (Å²) < 4.78 is 55.7. The molecule has 0 saturated heterocycles. The molecule has 0 aliphatic heterocycles. The molecule has 1 aromatic carbocycles. The van der Waals surface area contributed by atoms with Gasteiger partial charge in [0.05, 0.1) is 11.2 Å². The second-order valence-electron chi connectivity index (χ2n) is 5.16. The van der Waals surface area contributed by atoms with Crippen LogP contribution in [-0.4, -0.2) is 31.0 Å². The zero-order chi connectivity index (χ0) is 16.1. The van der Waals surface area contributed by atoms with E-state index in [0.29, 0.717) is 18.6 Å². The van der Waals surface area contributed by atoms with E-state index in [0.717, 1.165) is 12.1 Å². The Morgan fingerprint density at radius 1 is 1.29 bits per heavy atom. The molecule has 0 aliphatic rings. The minimum atomic E-state index is -4.72. The molecule has 0 bridgehead atoms. The zero-order valence-electron chi connectivity index (χ0n) is 11.9. The van der Waals surface area contributed by atoms with E-state index in [9.17, 15) is 22.7 Å². The van der Waals surface area contributed by atoms with Crippen LogP contribution in [-0.2, 0) is 17.5 Å². The second-order valence-corrected chi connectivity index (χ2v) is 5.16. The summed E-state index contributed by atoms with van der Waals surface area (Å²) in [5.41, 5.74) is -2.01. The molecule has 120 valence electrons. The van der Waals surface area contributed by atoms with Gasteiger partial charge in [-0.3, -0.25) is 0 Å². The van der Waals surface area contributed by atoms with Gasteiger partial charge in [0.25, 0.3) is 0 Å². The largest absolute Gasteiger partial charge is 0.419 e. The Balaban J connectivity index is 2.61. The van der Waals surface area contributed by atoms with Crippen molar-refractivity contribution in [1.82, 2.24) is 5.32 Å². The molecule has 0 fully saturated rings. The molecular weight excluding hydrogens is 290 g/mol. The van der Waals surface area contributed by atoms with Crippen LogP contribution in [0, 0.1) is 5.82 Å². The van der Waals surface area contributed by atoms with E-state index in [1.54, 1.807) is 6.92 Å². The molecule has 0 aliphatic carbocycles. The van der Waals surface area contributed by atoms with Gasteiger partial charge in [0, 0.05) is 33.2 Å². The monoisotopic (exact) mass is 309 g/mol. The van der Waals surface area contributed by atoms with Gasteiger partial charge in [-0.15, -0.1) is 0 Å². The van der Waals surface area contributed by atoms with Crippen LogP contribution in [0.15, 0.2) is 18.2 Å². The number of aliphatic hydroxyl groups is 1. The standard InChI is InChI=1S/C14H19F4NO2/c1-13(20,5-6-21-2)9-19-8-10-3-4-12(15)11(7-10)14(16,17)18/h3-4,7,19-20H,5-6,8-9H2,1-2H3. The summed E-state index contributed by atoms with van der Waals surface area (Å²) in [4.78, 5) is 0. The average molecular weight is 309 g/mol. The van der Waals surface area contributed by atoms with Crippen LogP contribution in [0.3, 0.4) is 0 Å². The van der Waals surface area contributed by atoms with Gasteiger partial charge < -0.3 is 15.2 Å². The first-order valence-electron chi connectivity index (χ1n) is 6.43. The fourth-order valence-corrected chi connectivity index (χ4v) is 1.79. The van der Waals surface area contributed by atoms with Crippen molar-refractivity contribution in [3.05, 3.63) is 35.1 Å². The van der Waals surface area contributed by atoms with Crippen LogP contribution in [0.5, 0.6) is 0 Å². The van der Waals surface area contributed by atoms with Crippen molar-refractivity contribution >= 4 is 0 Å². The van der Waals surface area contributed by atoms with E-state index in [4.69, 9.17) is 4.74 Å². The Morgan fingerprint density at radius 3 is 2.52 bits per heavy atom. The fraction of sp³-hybridized carbons (Fsp3) is 0.571. The van der Waals surface area contributed by atoms with Crippen molar-refractivity contribution in [3.63, 3.8) is 0 Å². The molecule has 7 heteroatoms. The second kappa shape index (κ2) is 7.20. The van der Waals surface area contributed by atoms with Gasteiger partial charge >= 0.3 is 6.18 Å². The predicted octanol–water partition coefficient (Wildman–Crippen LogP) is 2.72. The number of hydrogen-bond acceptors (Lipinski definition) is 3. The highest BCUT2D eigenvalue weighted by atomic mass is 19.4. The summed E-state index contributed by atoms with van der Waals surface area (Å²) in [6, 6.07) is 2.84. The van der Waals surface area contributed by atoms with E-state index >= 15 is 0 Å². The molecule has 3 nitrogen and oxygen atoms in total. The van der Waals surface area contributed by atoms with E-state index < -0.39 is 23.2 Å². The zero-order valence-corrected chi connectivity index (χ0v) is 11.9.